The van der Waals surface area contributed by atoms with Gasteiger partial charge in [-0.1, -0.05) is 0 Å². The third kappa shape index (κ3) is 2.31. The Morgan fingerprint density at radius 2 is 1.24 bits per heavy atom. The molecule has 4 heterocycles. The van der Waals surface area contributed by atoms with E-state index in [1.54, 1.807) is 12.1 Å². The van der Waals surface area contributed by atoms with Crippen molar-refractivity contribution in [3.63, 3.8) is 0 Å². The number of hydrogen-bond donors (Lipinski definition) is 4. The van der Waals surface area contributed by atoms with Gasteiger partial charge in [-0.2, -0.15) is 0 Å². The highest BCUT2D eigenvalue weighted by Gasteiger charge is 2.18. The summed E-state index contributed by atoms with van der Waals surface area (Å²) in [7, 11) is 0. The number of aromatic amines is 2. The minimum Gasteiger partial charge on any atom is -0.507 e. The van der Waals surface area contributed by atoms with Crippen molar-refractivity contribution in [2.45, 2.75) is 6.42 Å². The molecular weight excluding hydrogens is 324 g/mol. The maximum atomic E-state index is 12.3. The highest BCUT2D eigenvalue weighted by Crippen LogP contribution is 2.29. The molecule has 0 fully saturated rings. The molecule has 0 aliphatic heterocycles. The van der Waals surface area contributed by atoms with Gasteiger partial charge in [-0.15, -0.1) is 0 Å². The van der Waals surface area contributed by atoms with Crippen LogP contribution in [0.25, 0.3) is 21.8 Å². The molecule has 0 atom stereocenters. The first-order valence-corrected chi connectivity index (χ1v) is 7.42. The monoisotopic (exact) mass is 336 g/mol. The molecule has 0 aliphatic rings. The van der Waals surface area contributed by atoms with Gasteiger partial charge in [0.25, 0.3) is 11.1 Å². The number of aromatic hydroxyl groups is 2. The van der Waals surface area contributed by atoms with E-state index < -0.39 is 11.1 Å². The molecule has 0 aliphatic carbocycles. The Morgan fingerprint density at radius 3 is 1.68 bits per heavy atom. The third-order valence-corrected chi connectivity index (χ3v) is 4.12. The molecule has 4 rings (SSSR count). The summed E-state index contributed by atoms with van der Waals surface area (Å²) in [5, 5.41) is 21.6. The van der Waals surface area contributed by atoms with Gasteiger partial charge in [0.15, 0.2) is 0 Å². The van der Waals surface area contributed by atoms with E-state index in [1.165, 1.54) is 24.8 Å². The highest BCUT2D eigenvalue weighted by atomic mass is 16.3. The largest absolute Gasteiger partial charge is 0.507 e. The van der Waals surface area contributed by atoms with Crippen LogP contribution in [-0.2, 0) is 6.42 Å². The summed E-state index contributed by atoms with van der Waals surface area (Å²) in [4.78, 5) is 37.7. The number of rotatable bonds is 2. The van der Waals surface area contributed by atoms with Crippen LogP contribution in [0.2, 0.25) is 0 Å². The second-order valence-electron chi connectivity index (χ2n) is 5.58. The standard InChI is InChI=1S/C17H12N4O4/c22-14-8(16(24)20-12-1-3-18-6-10(12)14)5-9-15(23)11-7-19-4-2-13(11)21-17(9)25/h1-4,6-7H,5H2,(H2,20,22,24)(H2,21,23,25). The second kappa shape index (κ2) is 5.45. The predicted octanol–water partition coefficient (Wildman–Crippen LogP) is 1.16. The number of hydrogen-bond acceptors (Lipinski definition) is 6. The van der Waals surface area contributed by atoms with E-state index in [0.717, 1.165) is 0 Å². The lowest BCUT2D eigenvalue weighted by molar-refractivity contribution is 0.467. The quantitative estimate of drug-likeness (QED) is 0.434. The molecule has 124 valence electrons. The van der Waals surface area contributed by atoms with Gasteiger partial charge in [-0.25, -0.2) is 0 Å². The Hall–Kier alpha value is -3.68. The van der Waals surface area contributed by atoms with E-state index in [1.807, 2.05) is 0 Å². The average molecular weight is 336 g/mol. The fraction of sp³-hybridized carbons (Fsp3) is 0.0588. The van der Waals surface area contributed by atoms with Crippen molar-refractivity contribution < 1.29 is 10.2 Å². The van der Waals surface area contributed by atoms with Crippen LogP contribution in [0.5, 0.6) is 11.5 Å². The first-order valence-electron chi connectivity index (χ1n) is 7.42. The molecule has 0 saturated carbocycles. The molecule has 4 N–H and O–H groups in total. The molecule has 4 aromatic rings. The number of aromatic nitrogens is 4. The fourth-order valence-electron chi connectivity index (χ4n) is 2.82. The number of pyridine rings is 4. The van der Waals surface area contributed by atoms with E-state index in [0.29, 0.717) is 21.8 Å². The Kier molecular flexibility index (Phi) is 3.24. The fourth-order valence-corrected chi connectivity index (χ4v) is 2.82. The van der Waals surface area contributed by atoms with Crippen molar-refractivity contribution in [3.8, 4) is 11.5 Å². The summed E-state index contributed by atoms with van der Waals surface area (Å²) >= 11 is 0. The number of nitrogens with zero attached hydrogens (tertiary/aromatic N) is 2. The summed E-state index contributed by atoms with van der Waals surface area (Å²) in [6, 6.07) is 3.12. The zero-order chi connectivity index (χ0) is 17.6. The first kappa shape index (κ1) is 14.9. The van der Waals surface area contributed by atoms with Gasteiger partial charge >= 0.3 is 0 Å². The van der Waals surface area contributed by atoms with Crippen LogP contribution in [0.3, 0.4) is 0 Å². The lowest BCUT2D eigenvalue weighted by atomic mass is 10.0. The van der Waals surface area contributed by atoms with Crippen molar-refractivity contribution in [2.75, 3.05) is 0 Å². The van der Waals surface area contributed by atoms with Crippen molar-refractivity contribution in [1.29, 1.82) is 0 Å². The van der Waals surface area contributed by atoms with E-state index in [2.05, 4.69) is 19.9 Å². The maximum Gasteiger partial charge on any atom is 0.255 e. The van der Waals surface area contributed by atoms with Gasteiger partial charge in [-0.05, 0) is 12.1 Å². The number of fused-ring (bicyclic) bond motifs is 2. The summed E-state index contributed by atoms with van der Waals surface area (Å²) < 4.78 is 0. The molecule has 25 heavy (non-hydrogen) atoms. The van der Waals surface area contributed by atoms with E-state index in [-0.39, 0.29) is 29.0 Å². The maximum absolute atomic E-state index is 12.3. The topological polar surface area (TPSA) is 132 Å². The lowest BCUT2D eigenvalue weighted by Gasteiger charge is -2.09. The summed E-state index contributed by atoms with van der Waals surface area (Å²) in [5.41, 5.74) is -0.263. The molecule has 0 amide bonds. The van der Waals surface area contributed by atoms with Crippen molar-refractivity contribution >= 4 is 21.8 Å². The molecule has 0 unspecified atom stereocenters. The van der Waals surface area contributed by atoms with Gasteiger partial charge in [-0.3, -0.25) is 19.6 Å². The third-order valence-electron chi connectivity index (χ3n) is 4.12. The summed E-state index contributed by atoms with van der Waals surface area (Å²) in [5.74, 6) is -0.533. The van der Waals surface area contributed by atoms with Crippen LogP contribution in [0, 0.1) is 0 Å². The minimum absolute atomic E-state index is 0.0236. The van der Waals surface area contributed by atoms with E-state index >= 15 is 0 Å². The molecule has 8 nitrogen and oxygen atoms in total. The van der Waals surface area contributed by atoms with Crippen LogP contribution in [0.1, 0.15) is 11.1 Å². The molecule has 0 radical (unpaired) electrons. The van der Waals surface area contributed by atoms with Crippen LogP contribution >= 0.6 is 0 Å². The number of nitrogens with one attached hydrogen (secondary N) is 2. The summed E-state index contributed by atoms with van der Waals surface area (Å²) in [6.07, 6.45) is 5.57. The zero-order valence-corrected chi connectivity index (χ0v) is 12.8. The van der Waals surface area contributed by atoms with Gasteiger partial charge in [0.05, 0.1) is 32.9 Å². The zero-order valence-electron chi connectivity index (χ0n) is 12.8. The highest BCUT2D eigenvalue weighted by molar-refractivity contribution is 5.86. The molecule has 0 spiro atoms. The summed E-state index contributed by atoms with van der Waals surface area (Å²) in [6.45, 7) is 0. The normalized spacial score (nSPS) is 11.2. The van der Waals surface area contributed by atoms with E-state index in [9.17, 15) is 19.8 Å². The SMILES string of the molecule is O=c1[nH]c2ccncc2c(O)c1Cc1c(O)c2cnccc2[nH]c1=O. The van der Waals surface area contributed by atoms with Gasteiger partial charge in [0, 0.05) is 31.2 Å². The Bertz CT molecular complexity index is 1150. The van der Waals surface area contributed by atoms with Crippen molar-refractivity contribution in [3.05, 3.63) is 68.8 Å². The number of H-pyrrole nitrogens is 2. The molecule has 0 saturated heterocycles. The van der Waals surface area contributed by atoms with Crippen molar-refractivity contribution in [1.82, 2.24) is 19.9 Å². The smallest absolute Gasteiger partial charge is 0.255 e. The predicted molar refractivity (Wildman–Crippen MR) is 90.9 cm³/mol. The molecule has 0 aromatic carbocycles. The van der Waals surface area contributed by atoms with Crippen LogP contribution in [0.4, 0.5) is 0 Å². The Morgan fingerprint density at radius 1 is 0.800 bits per heavy atom. The van der Waals surface area contributed by atoms with Crippen LogP contribution in [-0.4, -0.2) is 30.1 Å². The lowest BCUT2D eigenvalue weighted by Crippen LogP contribution is -2.19. The molecule has 4 aromatic heterocycles. The van der Waals surface area contributed by atoms with Crippen LogP contribution < -0.4 is 11.1 Å². The Balaban J connectivity index is 1.95. The molecular formula is C17H12N4O4. The van der Waals surface area contributed by atoms with Crippen molar-refractivity contribution in [2.24, 2.45) is 0 Å². The molecule has 0 bridgehead atoms. The average Bonchev–Trinajstić information content (AvgIpc) is 2.61. The first-order chi connectivity index (χ1) is 12.1. The molecule has 8 heteroatoms. The Labute approximate surface area is 139 Å². The minimum atomic E-state index is -0.540. The van der Waals surface area contributed by atoms with Crippen LogP contribution in [0.15, 0.2) is 46.5 Å². The van der Waals surface area contributed by atoms with E-state index in [4.69, 9.17) is 0 Å². The van der Waals surface area contributed by atoms with Gasteiger partial charge in [0.1, 0.15) is 11.5 Å². The van der Waals surface area contributed by atoms with Gasteiger partial charge < -0.3 is 20.2 Å². The van der Waals surface area contributed by atoms with Gasteiger partial charge in [0.2, 0.25) is 0 Å². The second-order valence-corrected chi connectivity index (χ2v) is 5.58.